The van der Waals surface area contributed by atoms with Crippen molar-refractivity contribution in [2.45, 2.75) is 32.2 Å². The fourth-order valence-corrected chi connectivity index (χ4v) is 1.51. The van der Waals surface area contributed by atoms with Gasteiger partial charge in [0.25, 0.3) is 0 Å². The van der Waals surface area contributed by atoms with Crippen LogP contribution >= 0.6 is 0 Å². The maximum atomic E-state index is 10.6. The highest BCUT2D eigenvalue weighted by atomic mass is 16.6. The van der Waals surface area contributed by atoms with E-state index in [9.17, 15) is 15.2 Å². The summed E-state index contributed by atoms with van der Waals surface area (Å²) in [4.78, 5) is 10.0. The fraction of sp³-hybridized carbons (Fsp3) is 0.455. The van der Waals surface area contributed by atoms with E-state index in [1.807, 2.05) is 0 Å². The van der Waals surface area contributed by atoms with Gasteiger partial charge in [0.05, 0.1) is 4.92 Å². The molecule has 0 fully saturated rings. The Morgan fingerprint density at radius 2 is 2.25 bits per heavy atom. The second kappa shape index (κ2) is 5.46. The Kier molecular flexibility index (Phi) is 4.25. The average Bonchev–Trinajstić information content (AvgIpc) is 2.26. The van der Waals surface area contributed by atoms with Gasteiger partial charge < -0.3 is 10.8 Å². The minimum absolute atomic E-state index is 0.209. The predicted octanol–water partition coefficient (Wildman–Crippen LogP) is 2.49. The van der Waals surface area contributed by atoms with Gasteiger partial charge in [-0.25, -0.2) is 0 Å². The third-order valence-corrected chi connectivity index (χ3v) is 2.49. The van der Waals surface area contributed by atoms with Gasteiger partial charge in [0, 0.05) is 12.1 Å². The number of nitrogens with two attached hydrogens (primary N) is 1. The Hall–Kier alpha value is -1.62. The van der Waals surface area contributed by atoms with Crippen LogP contribution in [0.1, 0.15) is 37.8 Å². The van der Waals surface area contributed by atoms with Crippen molar-refractivity contribution in [3.05, 3.63) is 33.9 Å². The lowest BCUT2D eigenvalue weighted by Gasteiger charge is -2.11. The van der Waals surface area contributed by atoms with Crippen molar-refractivity contribution in [3.8, 4) is 5.75 Å². The smallest absolute Gasteiger partial charge is 0.311 e. The molecule has 0 amide bonds. The summed E-state index contributed by atoms with van der Waals surface area (Å²) in [5.74, 6) is -0.323. The number of hydrogen-bond acceptors (Lipinski definition) is 4. The molecule has 1 atom stereocenters. The normalized spacial score (nSPS) is 12.4. The van der Waals surface area contributed by atoms with Crippen LogP contribution in [0.5, 0.6) is 5.75 Å². The van der Waals surface area contributed by atoms with Gasteiger partial charge in [-0.05, 0) is 18.1 Å². The predicted molar refractivity (Wildman–Crippen MR) is 61.2 cm³/mol. The van der Waals surface area contributed by atoms with Gasteiger partial charge in [0.1, 0.15) is 0 Å². The third kappa shape index (κ3) is 2.93. The number of rotatable bonds is 5. The number of unbranched alkanes of at least 4 members (excludes halogenated alkanes) is 1. The quantitative estimate of drug-likeness (QED) is 0.594. The molecule has 0 saturated carbocycles. The third-order valence-electron chi connectivity index (χ3n) is 2.49. The maximum Gasteiger partial charge on any atom is 0.311 e. The molecular weight excluding hydrogens is 208 g/mol. The van der Waals surface area contributed by atoms with Gasteiger partial charge in [-0.1, -0.05) is 25.8 Å². The molecule has 3 N–H and O–H groups in total. The molecule has 1 rings (SSSR count). The van der Waals surface area contributed by atoms with E-state index >= 15 is 0 Å². The molecule has 0 bridgehead atoms. The summed E-state index contributed by atoms with van der Waals surface area (Å²) in [6.45, 7) is 2.06. The maximum absolute atomic E-state index is 10.6. The zero-order valence-corrected chi connectivity index (χ0v) is 9.22. The molecule has 16 heavy (non-hydrogen) atoms. The number of aromatic hydroxyl groups is 1. The number of nitro benzene ring substituents is 1. The fourth-order valence-electron chi connectivity index (χ4n) is 1.51. The Bertz CT molecular complexity index is 379. The van der Waals surface area contributed by atoms with Crippen molar-refractivity contribution in [1.29, 1.82) is 0 Å². The lowest BCUT2D eigenvalue weighted by atomic mass is 10.0. The van der Waals surface area contributed by atoms with E-state index in [0.29, 0.717) is 5.56 Å². The van der Waals surface area contributed by atoms with E-state index in [0.717, 1.165) is 19.3 Å². The van der Waals surface area contributed by atoms with Crippen molar-refractivity contribution in [2.75, 3.05) is 0 Å². The first-order chi connectivity index (χ1) is 7.56. The second-order valence-electron chi connectivity index (χ2n) is 3.75. The number of phenols is 1. The van der Waals surface area contributed by atoms with Crippen LogP contribution in [0.3, 0.4) is 0 Å². The number of benzene rings is 1. The number of nitro groups is 1. The lowest BCUT2D eigenvalue weighted by molar-refractivity contribution is -0.385. The summed E-state index contributed by atoms with van der Waals surface area (Å²) in [6, 6.07) is 4.08. The van der Waals surface area contributed by atoms with Crippen molar-refractivity contribution in [1.82, 2.24) is 0 Å². The topological polar surface area (TPSA) is 89.4 Å². The van der Waals surface area contributed by atoms with Crippen LogP contribution in [-0.4, -0.2) is 10.0 Å². The molecule has 0 radical (unpaired) electrons. The molecule has 1 aromatic carbocycles. The summed E-state index contributed by atoms with van der Waals surface area (Å²) in [5, 5.41) is 19.9. The molecule has 5 nitrogen and oxygen atoms in total. The molecule has 0 aliphatic heterocycles. The van der Waals surface area contributed by atoms with Crippen LogP contribution in [0.4, 0.5) is 5.69 Å². The van der Waals surface area contributed by atoms with Crippen molar-refractivity contribution in [2.24, 2.45) is 5.73 Å². The standard InChI is InChI=1S/C11H16N2O3/c1-2-3-4-9(12)8-5-6-11(14)10(7-8)13(15)16/h5-7,9,14H,2-4,12H2,1H3/t9-/m1/s1. The van der Waals surface area contributed by atoms with E-state index < -0.39 is 4.92 Å². The first kappa shape index (κ1) is 12.4. The molecule has 0 aliphatic carbocycles. The monoisotopic (exact) mass is 224 g/mol. The van der Waals surface area contributed by atoms with Gasteiger partial charge in [0.15, 0.2) is 5.75 Å². The summed E-state index contributed by atoms with van der Waals surface area (Å²) < 4.78 is 0. The zero-order chi connectivity index (χ0) is 12.1. The first-order valence-electron chi connectivity index (χ1n) is 5.29. The molecule has 88 valence electrons. The van der Waals surface area contributed by atoms with Crippen LogP contribution in [0, 0.1) is 10.1 Å². The van der Waals surface area contributed by atoms with Gasteiger partial charge in [-0.3, -0.25) is 10.1 Å². The van der Waals surface area contributed by atoms with Gasteiger partial charge in [-0.15, -0.1) is 0 Å². The van der Waals surface area contributed by atoms with Crippen molar-refractivity contribution >= 4 is 5.69 Å². The SMILES string of the molecule is CCCC[C@@H](N)c1ccc(O)c([N+](=O)[O-])c1. The molecule has 0 unspecified atom stereocenters. The average molecular weight is 224 g/mol. The minimum Gasteiger partial charge on any atom is -0.502 e. The molecule has 0 spiro atoms. The second-order valence-corrected chi connectivity index (χ2v) is 3.75. The van der Waals surface area contributed by atoms with E-state index in [4.69, 9.17) is 5.73 Å². The van der Waals surface area contributed by atoms with Crippen molar-refractivity contribution < 1.29 is 10.0 Å². The molecule has 0 heterocycles. The first-order valence-corrected chi connectivity index (χ1v) is 5.29. The highest BCUT2D eigenvalue weighted by Gasteiger charge is 2.16. The Morgan fingerprint density at radius 3 is 2.81 bits per heavy atom. The molecule has 5 heteroatoms. The highest BCUT2D eigenvalue weighted by Crippen LogP contribution is 2.29. The number of nitrogens with zero attached hydrogens (tertiary/aromatic N) is 1. The molecular formula is C11H16N2O3. The van der Waals surface area contributed by atoms with Gasteiger partial charge >= 0.3 is 5.69 Å². The Morgan fingerprint density at radius 1 is 1.56 bits per heavy atom. The van der Waals surface area contributed by atoms with Crippen LogP contribution in [-0.2, 0) is 0 Å². The largest absolute Gasteiger partial charge is 0.502 e. The summed E-state index contributed by atoms with van der Waals surface area (Å²) in [5.41, 5.74) is 6.30. The minimum atomic E-state index is -0.606. The molecule has 0 aliphatic rings. The summed E-state index contributed by atoms with van der Waals surface area (Å²) >= 11 is 0. The van der Waals surface area contributed by atoms with Gasteiger partial charge in [-0.2, -0.15) is 0 Å². The number of phenolic OH excluding ortho intramolecular Hbond substituents is 1. The van der Waals surface area contributed by atoms with Crippen LogP contribution in [0.2, 0.25) is 0 Å². The van der Waals surface area contributed by atoms with E-state index in [1.165, 1.54) is 12.1 Å². The molecule has 0 aromatic heterocycles. The Balaban J connectivity index is 2.89. The highest BCUT2D eigenvalue weighted by molar-refractivity contribution is 5.48. The van der Waals surface area contributed by atoms with Crippen LogP contribution < -0.4 is 5.73 Å². The zero-order valence-electron chi connectivity index (χ0n) is 9.22. The van der Waals surface area contributed by atoms with Crippen LogP contribution in [0.15, 0.2) is 18.2 Å². The number of hydrogen-bond donors (Lipinski definition) is 2. The van der Waals surface area contributed by atoms with E-state index in [1.54, 1.807) is 6.07 Å². The van der Waals surface area contributed by atoms with Crippen LogP contribution in [0.25, 0.3) is 0 Å². The molecule has 0 saturated heterocycles. The molecule has 1 aromatic rings. The van der Waals surface area contributed by atoms with Gasteiger partial charge in [0.2, 0.25) is 0 Å². The lowest BCUT2D eigenvalue weighted by Crippen LogP contribution is -2.10. The summed E-state index contributed by atoms with van der Waals surface area (Å²) in [6.07, 6.45) is 2.81. The van der Waals surface area contributed by atoms with E-state index in [2.05, 4.69) is 6.92 Å². The van der Waals surface area contributed by atoms with E-state index in [-0.39, 0.29) is 17.5 Å². The summed E-state index contributed by atoms with van der Waals surface area (Å²) in [7, 11) is 0. The Labute approximate surface area is 94.0 Å². The van der Waals surface area contributed by atoms with Crippen molar-refractivity contribution in [3.63, 3.8) is 0 Å².